The van der Waals surface area contributed by atoms with E-state index in [1.54, 1.807) is 41.1 Å². The first-order chi connectivity index (χ1) is 16.4. The van der Waals surface area contributed by atoms with Crippen LogP contribution in [-0.2, 0) is 13.2 Å². The molecule has 8 heteroatoms. The topological polar surface area (TPSA) is 74.8 Å². The van der Waals surface area contributed by atoms with Crippen LogP contribution in [0.25, 0.3) is 0 Å². The Morgan fingerprint density at radius 2 is 2.06 bits per heavy atom. The molecule has 2 heterocycles. The molecule has 3 aromatic rings. The summed E-state index contributed by atoms with van der Waals surface area (Å²) >= 11 is 0. The summed E-state index contributed by atoms with van der Waals surface area (Å²) < 4.78 is 19.6. The van der Waals surface area contributed by atoms with E-state index in [9.17, 15) is 14.0 Å². The first kappa shape index (κ1) is 23.2. The fraction of sp³-hybridized carbons (Fsp3) is 0.269. The molecule has 0 radical (unpaired) electrons. The second-order valence-corrected chi connectivity index (χ2v) is 8.28. The van der Waals surface area contributed by atoms with Crippen molar-refractivity contribution in [3.8, 4) is 5.75 Å². The van der Waals surface area contributed by atoms with Gasteiger partial charge in [-0.1, -0.05) is 19.1 Å². The van der Waals surface area contributed by atoms with Crippen molar-refractivity contribution in [2.75, 3.05) is 23.8 Å². The molecule has 0 bridgehead atoms. The zero-order valence-corrected chi connectivity index (χ0v) is 19.5. The van der Waals surface area contributed by atoms with Crippen LogP contribution in [0.15, 0.2) is 54.7 Å². The Balaban J connectivity index is 1.53. The Morgan fingerprint density at radius 1 is 1.24 bits per heavy atom. The van der Waals surface area contributed by atoms with E-state index in [0.29, 0.717) is 35.8 Å². The van der Waals surface area contributed by atoms with E-state index in [1.165, 1.54) is 18.3 Å². The van der Waals surface area contributed by atoms with Crippen LogP contribution in [0.4, 0.5) is 20.6 Å². The molecule has 1 aliphatic rings. The highest BCUT2D eigenvalue weighted by Crippen LogP contribution is 2.33. The van der Waals surface area contributed by atoms with Crippen molar-refractivity contribution in [2.24, 2.45) is 0 Å². The summed E-state index contributed by atoms with van der Waals surface area (Å²) in [5.41, 5.74) is 3.86. The van der Waals surface area contributed by atoms with Crippen molar-refractivity contribution in [2.45, 2.75) is 33.4 Å². The van der Waals surface area contributed by atoms with Crippen molar-refractivity contribution < 1.29 is 18.7 Å². The van der Waals surface area contributed by atoms with Gasteiger partial charge >= 0.3 is 6.03 Å². The highest BCUT2D eigenvalue weighted by Gasteiger charge is 2.26. The van der Waals surface area contributed by atoms with Crippen LogP contribution < -0.4 is 15.0 Å². The zero-order valence-electron chi connectivity index (χ0n) is 19.5. The maximum Gasteiger partial charge on any atom is 0.326 e. The molecule has 0 atom stereocenters. The average Bonchev–Trinajstić information content (AvgIpc) is 2.83. The number of urea groups is 1. The summed E-state index contributed by atoms with van der Waals surface area (Å²) in [5.74, 6) is -0.00360. The molecule has 2 aromatic carbocycles. The minimum absolute atomic E-state index is 0.0204. The molecule has 0 saturated carbocycles. The van der Waals surface area contributed by atoms with Crippen LogP contribution in [0.3, 0.4) is 0 Å². The van der Waals surface area contributed by atoms with Crippen molar-refractivity contribution in [3.05, 3.63) is 82.9 Å². The lowest BCUT2D eigenvalue weighted by Gasteiger charge is -2.31. The number of nitrogens with zero attached hydrogens (tertiary/aromatic N) is 3. The maximum absolute atomic E-state index is 13.9. The number of fused-ring (bicyclic) bond motifs is 1. The number of pyridine rings is 1. The van der Waals surface area contributed by atoms with Gasteiger partial charge in [0.15, 0.2) is 0 Å². The third kappa shape index (κ3) is 4.85. The smallest absolute Gasteiger partial charge is 0.326 e. The van der Waals surface area contributed by atoms with E-state index < -0.39 is 5.82 Å². The Kier molecular flexibility index (Phi) is 6.77. The molecule has 176 valence electrons. The molecule has 7 nitrogen and oxygen atoms in total. The van der Waals surface area contributed by atoms with E-state index in [1.807, 2.05) is 26.0 Å². The SMILES string of the molecule is CCCN(C)C(=O)c1ccc2c(c1)NC(=O)N(c1cc(OCc3ncccc3F)ccc1C)C2. The summed E-state index contributed by atoms with van der Waals surface area (Å²) in [7, 11) is 1.77. The van der Waals surface area contributed by atoms with Crippen LogP contribution in [-0.4, -0.2) is 35.4 Å². The number of amides is 3. The van der Waals surface area contributed by atoms with E-state index in [-0.39, 0.29) is 24.2 Å². The molecule has 0 aliphatic carbocycles. The van der Waals surface area contributed by atoms with Crippen LogP contribution in [0, 0.1) is 12.7 Å². The van der Waals surface area contributed by atoms with Gasteiger partial charge in [-0.3, -0.25) is 14.7 Å². The predicted octanol–water partition coefficient (Wildman–Crippen LogP) is 5.14. The molecule has 0 spiro atoms. The molecule has 4 rings (SSSR count). The van der Waals surface area contributed by atoms with Crippen molar-refractivity contribution in [3.63, 3.8) is 0 Å². The summed E-state index contributed by atoms with van der Waals surface area (Å²) in [6, 6.07) is 13.3. The molecule has 1 aromatic heterocycles. The lowest BCUT2D eigenvalue weighted by atomic mass is 10.0. The predicted molar refractivity (Wildman–Crippen MR) is 129 cm³/mol. The maximum atomic E-state index is 13.9. The van der Waals surface area contributed by atoms with Gasteiger partial charge in [0.05, 0.1) is 12.2 Å². The quantitative estimate of drug-likeness (QED) is 0.527. The molecule has 1 N–H and O–H groups in total. The van der Waals surface area contributed by atoms with Gasteiger partial charge in [0.2, 0.25) is 0 Å². The second kappa shape index (κ2) is 9.91. The lowest BCUT2D eigenvalue weighted by molar-refractivity contribution is 0.0795. The fourth-order valence-corrected chi connectivity index (χ4v) is 3.89. The molecule has 0 unspecified atom stereocenters. The molecular weight excluding hydrogens is 435 g/mol. The van der Waals surface area contributed by atoms with Gasteiger partial charge in [-0.05, 0) is 54.8 Å². The van der Waals surface area contributed by atoms with Gasteiger partial charge in [0.25, 0.3) is 5.91 Å². The highest BCUT2D eigenvalue weighted by atomic mass is 19.1. The number of anilines is 2. The van der Waals surface area contributed by atoms with Gasteiger partial charge < -0.3 is 15.0 Å². The van der Waals surface area contributed by atoms with Crippen LogP contribution in [0.5, 0.6) is 5.75 Å². The number of aromatic nitrogens is 1. The van der Waals surface area contributed by atoms with Crippen LogP contribution in [0.1, 0.15) is 40.5 Å². The van der Waals surface area contributed by atoms with Crippen molar-refractivity contribution >= 4 is 23.3 Å². The molecule has 1 aliphatic heterocycles. The van der Waals surface area contributed by atoms with Crippen LogP contribution >= 0.6 is 0 Å². The molecule has 0 fully saturated rings. The minimum Gasteiger partial charge on any atom is -0.487 e. The number of ether oxygens (including phenoxy) is 1. The van der Waals surface area contributed by atoms with Gasteiger partial charge in [-0.25, -0.2) is 9.18 Å². The number of nitrogens with one attached hydrogen (secondary N) is 1. The normalized spacial score (nSPS) is 12.7. The summed E-state index contributed by atoms with van der Waals surface area (Å²) in [5, 5.41) is 2.90. The first-order valence-corrected chi connectivity index (χ1v) is 11.2. The van der Waals surface area contributed by atoms with Crippen molar-refractivity contribution in [1.82, 2.24) is 9.88 Å². The number of halogens is 1. The number of benzene rings is 2. The Labute approximate surface area is 198 Å². The summed E-state index contributed by atoms with van der Waals surface area (Å²) in [6.07, 6.45) is 2.39. The number of carbonyl (C=O) groups is 2. The molecular formula is C26H27FN4O3. The van der Waals surface area contributed by atoms with Crippen LogP contribution in [0.2, 0.25) is 0 Å². The van der Waals surface area contributed by atoms with Gasteiger partial charge in [0.1, 0.15) is 23.9 Å². The van der Waals surface area contributed by atoms with Gasteiger partial charge in [-0.2, -0.15) is 0 Å². The fourth-order valence-electron chi connectivity index (χ4n) is 3.89. The first-order valence-electron chi connectivity index (χ1n) is 11.2. The second-order valence-electron chi connectivity index (χ2n) is 8.28. The summed E-state index contributed by atoms with van der Waals surface area (Å²) in [6.45, 7) is 4.92. The third-order valence-corrected chi connectivity index (χ3v) is 5.76. The number of carbonyl (C=O) groups excluding carboxylic acids is 2. The van der Waals surface area contributed by atoms with E-state index in [0.717, 1.165) is 17.5 Å². The molecule has 34 heavy (non-hydrogen) atoms. The molecule has 0 saturated heterocycles. The van der Waals surface area contributed by atoms with E-state index in [2.05, 4.69) is 10.3 Å². The van der Waals surface area contributed by atoms with Gasteiger partial charge in [-0.15, -0.1) is 0 Å². The summed E-state index contributed by atoms with van der Waals surface area (Å²) in [4.78, 5) is 32.9. The minimum atomic E-state index is -0.430. The average molecular weight is 463 g/mol. The Bertz CT molecular complexity index is 1230. The number of hydrogen-bond donors (Lipinski definition) is 1. The number of rotatable bonds is 7. The highest BCUT2D eigenvalue weighted by molar-refractivity contribution is 6.06. The Morgan fingerprint density at radius 3 is 2.82 bits per heavy atom. The largest absolute Gasteiger partial charge is 0.487 e. The standard InChI is InChI=1S/C26H27FN4O3/c1-4-12-30(3)25(32)18-8-9-19-15-31(26(33)29-22(19)13-18)24-14-20(10-7-17(24)2)34-16-23-21(27)6-5-11-28-23/h5-11,13-14H,4,12,15-16H2,1-3H3,(H,29,33). The number of hydrogen-bond acceptors (Lipinski definition) is 4. The lowest BCUT2D eigenvalue weighted by Crippen LogP contribution is -2.39. The molecule has 3 amide bonds. The zero-order chi connectivity index (χ0) is 24.2. The Hall–Kier alpha value is -3.94. The van der Waals surface area contributed by atoms with E-state index in [4.69, 9.17) is 4.74 Å². The van der Waals surface area contributed by atoms with Gasteiger partial charge in [0, 0.05) is 37.1 Å². The number of aryl methyl sites for hydroxylation is 1. The third-order valence-electron chi connectivity index (χ3n) is 5.76. The monoisotopic (exact) mass is 462 g/mol. The van der Waals surface area contributed by atoms with Crippen molar-refractivity contribution in [1.29, 1.82) is 0 Å². The van der Waals surface area contributed by atoms with E-state index >= 15 is 0 Å².